The van der Waals surface area contributed by atoms with E-state index in [-0.39, 0.29) is 23.8 Å². The Morgan fingerprint density at radius 2 is 1.84 bits per heavy atom. The summed E-state index contributed by atoms with van der Waals surface area (Å²) >= 11 is 12.3. The minimum Gasteiger partial charge on any atom is -0.331 e. The molecule has 1 heterocycles. The lowest BCUT2D eigenvalue weighted by atomic mass is 9.76. The number of carbonyl (C=O) groups excluding carboxylic acids is 1. The van der Waals surface area contributed by atoms with Crippen molar-refractivity contribution in [2.75, 3.05) is 6.54 Å². The van der Waals surface area contributed by atoms with E-state index in [1.165, 1.54) is 0 Å². The minimum atomic E-state index is -0.0579. The summed E-state index contributed by atoms with van der Waals surface area (Å²) < 4.78 is 0. The van der Waals surface area contributed by atoms with Crippen LogP contribution >= 0.6 is 23.2 Å². The molecule has 2 nitrogen and oxygen atoms in total. The second-order valence-electron chi connectivity index (χ2n) is 6.57. The third-order valence-electron chi connectivity index (χ3n) is 4.84. The average molecular weight is 374 g/mol. The van der Waals surface area contributed by atoms with Crippen LogP contribution in [0.2, 0.25) is 10.0 Å². The zero-order chi connectivity index (χ0) is 18.0. The number of hydrogen-bond acceptors (Lipinski definition) is 1. The lowest BCUT2D eigenvalue weighted by Gasteiger charge is -2.44. The molecule has 130 valence electrons. The molecule has 2 aromatic rings. The topological polar surface area (TPSA) is 20.3 Å². The molecule has 0 aliphatic carbocycles. The van der Waals surface area contributed by atoms with Gasteiger partial charge in [-0.1, -0.05) is 60.5 Å². The van der Waals surface area contributed by atoms with E-state index in [0.717, 1.165) is 17.5 Å². The molecule has 0 saturated carbocycles. The van der Waals surface area contributed by atoms with E-state index in [1.54, 1.807) is 6.08 Å². The van der Waals surface area contributed by atoms with Gasteiger partial charge in [-0.05, 0) is 41.8 Å². The first-order chi connectivity index (χ1) is 12.0. The summed E-state index contributed by atoms with van der Waals surface area (Å²) in [5.74, 6) is 0.304. The van der Waals surface area contributed by atoms with Crippen LogP contribution in [0.1, 0.15) is 36.4 Å². The quantitative estimate of drug-likeness (QED) is 0.613. The Hall–Kier alpha value is -1.77. The van der Waals surface area contributed by atoms with Gasteiger partial charge in [0.05, 0.1) is 6.04 Å². The summed E-state index contributed by atoms with van der Waals surface area (Å²) in [6, 6.07) is 15.6. The predicted octanol–water partition coefficient (Wildman–Crippen LogP) is 5.87. The van der Waals surface area contributed by atoms with Crippen molar-refractivity contribution in [1.82, 2.24) is 4.90 Å². The van der Waals surface area contributed by atoms with Crippen LogP contribution in [-0.4, -0.2) is 17.4 Å². The van der Waals surface area contributed by atoms with Crippen molar-refractivity contribution < 1.29 is 4.79 Å². The molecule has 0 bridgehead atoms. The molecule has 3 rings (SSSR count). The highest BCUT2D eigenvalue weighted by Crippen LogP contribution is 2.45. The molecule has 0 spiro atoms. The molecule has 0 aromatic heterocycles. The average Bonchev–Trinajstić information content (AvgIpc) is 2.60. The van der Waals surface area contributed by atoms with Crippen LogP contribution < -0.4 is 0 Å². The van der Waals surface area contributed by atoms with Crippen molar-refractivity contribution in [2.24, 2.45) is 5.92 Å². The van der Waals surface area contributed by atoms with Gasteiger partial charge in [-0.3, -0.25) is 4.79 Å². The molecular formula is C21H21Cl2NO. The summed E-state index contributed by atoms with van der Waals surface area (Å²) in [4.78, 5) is 14.8. The van der Waals surface area contributed by atoms with Crippen molar-refractivity contribution in [1.29, 1.82) is 0 Å². The molecule has 1 amide bonds. The van der Waals surface area contributed by atoms with Crippen LogP contribution in [0.4, 0.5) is 0 Å². The first kappa shape index (κ1) is 18.0. The van der Waals surface area contributed by atoms with Gasteiger partial charge in [-0.15, -0.1) is 6.58 Å². The first-order valence-electron chi connectivity index (χ1n) is 8.43. The van der Waals surface area contributed by atoms with Gasteiger partial charge >= 0.3 is 0 Å². The van der Waals surface area contributed by atoms with Gasteiger partial charge in [0.1, 0.15) is 0 Å². The highest BCUT2D eigenvalue weighted by Gasteiger charge is 2.40. The van der Waals surface area contributed by atoms with E-state index in [2.05, 4.69) is 12.6 Å². The second kappa shape index (κ2) is 7.63. The van der Waals surface area contributed by atoms with Crippen molar-refractivity contribution >= 4 is 29.1 Å². The fourth-order valence-electron chi connectivity index (χ4n) is 3.72. The lowest BCUT2D eigenvalue weighted by Crippen LogP contribution is -2.46. The second-order valence-corrected chi connectivity index (χ2v) is 7.45. The van der Waals surface area contributed by atoms with E-state index in [4.69, 9.17) is 23.2 Å². The SMILES string of the molecule is C=CCN1C(=O)C(C)CC(c2cccc(Cl)c2)C1c1ccc(Cl)cc1. The first-order valence-corrected chi connectivity index (χ1v) is 9.19. The Labute approximate surface area is 159 Å². The van der Waals surface area contributed by atoms with Crippen molar-refractivity contribution in [3.63, 3.8) is 0 Å². The normalized spacial score (nSPS) is 23.6. The maximum absolute atomic E-state index is 12.8. The van der Waals surface area contributed by atoms with Crippen LogP contribution in [0, 0.1) is 5.92 Å². The molecule has 4 heteroatoms. The van der Waals surface area contributed by atoms with E-state index >= 15 is 0 Å². The Bertz CT molecular complexity index is 772. The number of nitrogens with zero attached hydrogens (tertiary/aromatic N) is 1. The van der Waals surface area contributed by atoms with Crippen molar-refractivity contribution in [3.8, 4) is 0 Å². The lowest BCUT2D eigenvalue weighted by molar-refractivity contribution is -0.141. The fraction of sp³-hybridized carbons (Fsp3) is 0.286. The number of hydrogen-bond donors (Lipinski definition) is 0. The molecule has 2 aromatic carbocycles. The van der Waals surface area contributed by atoms with Crippen LogP contribution in [-0.2, 0) is 4.79 Å². The number of benzene rings is 2. The number of carbonyl (C=O) groups is 1. The summed E-state index contributed by atoms with van der Waals surface area (Å²) in [5, 5.41) is 1.40. The van der Waals surface area contributed by atoms with E-state index in [1.807, 2.05) is 54.3 Å². The maximum Gasteiger partial charge on any atom is 0.226 e. The standard InChI is InChI=1S/C21H21Cl2NO/c1-3-11-24-20(15-7-9-17(22)10-8-15)19(12-14(2)21(24)25)16-5-4-6-18(23)13-16/h3-10,13-14,19-20H,1,11-12H2,2H3. The van der Waals surface area contributed by atoms with Gasteiger partial charge in [0.15, 0.2) is 0 Å². The zero-order valence-corrected chi connectivity index (χ0v) is 15.7. The largest absolute Gasteiger partial charge is 0.331 e. The number of rotatable bonds is 4. The minimum absolute atomic E-state index is 0.0347. The van der Waals surface area contributed by atoms with E-state index in [9.17, 15) is 4.79 Å². The summed E-state index contributed by atoms with van der Waals surface area (Å²) in [5.41, 5.74) is 2.23. The molecule has 1 aliphatic rings. The molecule has 3 unspecified atom stereocenters. The Morgan fingerprint density at radius 1 is 1.12 bits per heavy atom. The number of likely N-dealkylation sites (tertiary alicyclic amines) is 1. The zero-order valence-electron chi connectivity index (χ0n) is 14.2. The molecule has 0 N–H and O–H groups in total. The summed E-state index contributed by atoms with van der Waals surface area (Å²) in [7, 11) is 0. The van der Waals surface area contributed by atoms with Crippen LogP contribution in [0.3, 0.4) is 0 Å². The molecule has 3 atom stereocenters. The molecule has 25 heavy (non-hydrogen) atoms. The fourth-order valence-corrected chi connectivity index (χ4v) is 4.04. The monoisotopic (exact) mass is 373 g/mol. The Kier molecular flexibility index (Phi) is 5.51. The van der Waals surface area contributed by atoms with Crippen LogP contribution in [0.5, 0.6) is 0 Å². The third-order valence-corrected chi connectivity index (χ3v) is 5.33. The molecular weight excluding hydrogens is 353 g/mol. The molecule has 1 saturated heterocycles. The highest BCUT2D eigenvalue weighted by atomic mass is 35.5. The van der Waals surface area contributed by atoms with Crippen LogP contribution in [0.25, 0.3) is 0 Å². The number of halogens is 2. The van der Waals surface area contributed by atoms with Crippen molar-refractivity contribution in [3.05, 3.63) is 82.4 Å². The summed E-state index contributed by atoms with van der Waals surface area (Å²) in [6.45, 7) is 6.35. The maximum atomic E-state index is 12.8. The third kappa shape index (κ3) is 3.75. The van der Waals surface area contributed by atoms with Gasteiger partial charge in [-0.25, -0.2) is 0 Å². The van der Waals surface area contributed by atoms with Crippen molar-refractivity contribution in [2.45, 2.75) is 25.3 Å². The van der Waals surface area contributed by atoms with Gasteiger partial charge < -0.3 is 4.90 Å². The van der Waals surface area contributed by atoms with Gasteiger partial charge in [0.25, 0.3) is 0 Å². The van der Waals surface area contributed by atoms with E-state index < -0.39 is 0 Å². The van der Waals surface area contributed by atoms with Crippen LogP contribution in [0.15, 0.2) is 61.2 Å². The molecule has 1 fully saturated rings. The molecule has 1 aliphatic heterocycles. The summed E-state index contributed by atoms with van der Waals surface area (Å²) in [6.07, 6.45) is 2.58. The van der Waals surface area contributed by atoms with Gasteiger partial charge in [-0.2, -0.15) is 0 Å². The highest BCUT2D eigenvalue weighted by molar-refractivity contribution is 6.30. The number of amides is 1. The Balaban J connectivity index is 2.10. The van der Waals surface area contributed by atoms with Gasteiger partial charge in [0.2, 0.25) is 5.91 Å². The molecule has 0 radical (unpaired) electrons. The van der Waals surface area contributed by atoms with E-state index in [0.29, 0.717) is 16.6 Å². The predicted molar refractivity (Wildman–Crippen MR) is 104 cm³/mol. The smallest absolute Gasteiger partial charge is 0.226 e. The van der Waals surface area contributed by atoms with Gasteiger partial charge in [0, 0.05) is 28.4 Å². The number of piperidine rings is 1. The Morgan fingerprint density at radius 3 is 2.48 bits per heavy atom.